The number of rotatable bonds is 2. The van der Waals surface area contributed by atoms with E-state index in [9.17, 15) is 10.1 Å². The molecule has 6 nitrogen and oxygen atoms in total. The van der Waals surface area contributed by atoms with Crippen LogP contribution in [-0.4, -0.2) is 27.4 Å². The van der Waals surface area contributed by atoms with E-state index in [-0.39, 0.29) is 10.7 Å². The van der Waals surface area contributed by atoms with Gasteiger partial charge in [-0.1, -0.05) is 13.0 Å². The lowest BCUT2D eigenvalue weighted by Crippen LogP contribution is -2.33. The summed E-state index contributed by atoms with van der Waals surface area (Å²) in [6.45, 7) is 3.90. The van der Waals surface area contributed by atoms with Crippen LogP contribution in [0.1, 0.15) is 19.8 Å². The summed E-state index contributed by atoms with van der Waals surface area (Å²) in [5, 5.41) is 11.3. The molecule has 0 radical (unpaired) electrons. The molecule has 2 aromatic heterocycles. The van der Waals surface area contributed by atoms with Crippen LogP contribution in [0.4, 0.5) is 11.6 Å². The number of nitro groups is 1. The van der Waals surface area contributed by atoms with E-state index in [0.29, 0.717) is 17.4 Å². The van der Waals surface area contributed by atoms with Crippen LogP contribution in [0.15, 0.2) is 24.4 Å². The Balaban J connectivity index is 2.07. The first-order valence-electron chi connectivity index (χ1n) is 6.53. The third-order valence-electron chi connectivity index (χ3n) is 3.74. The molecular formula is C13H16N4O2. The normalized spacial score (nSPS) is 17.0. The second-order valence-corrected chi connectivity index (χ2v) is 5.11. The lowest BCUT2D eigenvalue weighted by molar-refractivity contribution is -0.389. The van der Waals surface area contributed by atoms with E-state index < -0.39 is 0 Å². The molecule has 0 atom stereocenters. The van der Waals surface area contributed by atoms with Crippen molar-refractivity contribution in [3.05, 3.63) is 34.5 Å². The van der Waals surface area contributed by atoms with Crippen molar-refractivity contribution in [1.29, 1.82) is 0 Å². The highest BCUT2D eigenvalue weighted by molar-refractivity contribution is 5.63. The molecule has 0 amide bonds. The molecule has 0 aliphatic carbocycles. The van der Waals surface area contributed by atoms with Crippen LogP contribution in [0.25, 0.3) is 5.65 Å². The van der Waals surface area contributed by atoms with Crippen LogP contribution in [-0.2, 0) is 0 Å². The van der Waals surface area contributed by atoms with Gasteiger partial charge < -0.3 is 15.0 Å². The maximum absolute atomic E-state index is 11.3. The summed E-state index contributed by atoms with van der Waals surface area (Å²) in [5.74, 6) is 1.26. The maximum atomic E-state index is 11.3. The summed E-state index contributed by atoms with van der Waals surface area (Å²) in [4.78, 5) is 17.4. The van der Waals surface area contributed by atoms with Crippen molar-refractivity contribution in [3.63, 3.8) is 0 Å². The number of anilines is 1. The van der Waals surface area contributed by atoms with Gasteiger partial charge in [-0.05, 0) is 29.7 Å². The van der Waals surface area contributed by atoms with Gasteiger partial charge in [0.25, 0.3) is 0 Å². The van der Waals surface area contributed by atoms with Crippen LogP contribution in [0, 0.1) is 16.0 Å². The molecule has 0 spiro atoms. The van der Waals surface area contributed by atoms with Crippen LogP contribution >= 0.6 is 0 Å². The number of imidazole rings is 1. The summed E-state index contributed by atoms with van der Waals surface area (Å²) in [7, 11) is 0. The number of piperidine rings is 1. The number of nitrogens with zero attached hydrogens (tertiary/aromatic N) is 4. The van der Waals surface area contributed by atoms with Crippen LogP contribution in [0.2, 0.25) is 0 Å². The Morgan fingerprint density at radius 2 is 2.11 bits per heavy atom. The van der Waals surface area contributed by atoms with E-state index in [0.717, 1.165) is 25.9 Å². The first-order valence-corrected chi connectivity index (χ1v) is 6.53. The quantitative estimate of drug-likeness (QED) is 0.614. The standard InChI is InChI=1S/C13H16N4O2/c1-10-5-8-15(9-6-10)12-13(17(18)19)16-7-3-2-4-11(16)14-12/h2-4,7,10H,5-6,8-9H2,1H3. The number of fused-ring (bicyclic) bond motifs is 1. The minimum absolute atomic E-state index is 0.0742. The fourth-order valence-corrected chi connectivity index (χ4v) is 2.57. The molecular weight excluding hydrogens is 244 g/mol. The molecule has 0 N–H and O–H groups in total. The van der Waals surface area contributed by atoms with Crippen LogP contribution in [0.5, 0.6) is 0 Å². The highest BCUT2D eigenvalue weighted by Crippen LogP contribution is 2.31. The molecule has 1 aliphatic rings. The van der Waals surface area contributed by atoms with E-state index in [1.165, 1.54) is 0 Å². The second-order valence-electron chi connectivity index (χ2n) is 5.11. The van der Waals surface area contributed by atoms with Gasteiger partial charge in [0.05, 0.1) is 6.20 Å². The first-order chi connectivity index (χ1) is 9.16. The molecule has 0 aromatic carbocycles. The Bertz CT molecular complexity index is 614. The smallest absolute Gasteiger partial charge is 0.358 e. The topological polar surface area (TPSA) is 63.7 Å². The Kier molecular flexibility index (Phi) is 2.85. The van der Waals surface area contributed by atoms with Crippen LogP contribution in [0.3, 0.4) is 0 Å². The van der Waals surface area contributed by atoms with Crippen molar-refractivity contribution in [3.8, 4) is 0 Å². The predicted molar refractivity (Wildman–Crippen MR) is 72.5 cm³/mol. The molecule has 1 saturated heterocycles. The summed E-state index contributed by atoms with van der Waals surface area (Å²) >= 11 is 0. The number of pyridine rings is 1. The average molecular weight is 260 g/mol. The molecule has 0 saturated carbocycles. The van der Waals surface area contributed by atoms with E-state index >= 15 is 0 Å². The first kappa shape index (κ1) is 12.0. The zero-order valence-electron chi connectivity index (χ0n) is 10.8. The molecule has 2 aromatic rings. The monoisotopic (exact) mass is 260 g/mol. The van der Waals surface area contributed by atoms with Gasteiger partial charge in [0.1, 0.15) is 0 Å². The van der Waals surface area contributed by atoms with Gasteiger partial charge in [0.2, 0.25) is 11.5 Å². The predicted octanol–water partition coefficient (Wildman–Crippen LogP) is 2.48. The van der Waals surface area contributed by atoms with Gasteiger partial charge in [-0.15, -0.1) is 0 Å². The highest BCUT2D eigenvalue weighted by Gasteiger charge is 2.28. The molecule has 100 valence electrons. The summed E-state index contributed by atoms with van der Waals surface area (Å²) < 4.78 is 1.55. The Morgan fingerprint density at radius 3 is 2.79 bits per heavy atom. The van der Waals surface area contributed by atoms with Gasteiger partial charge in [-0.2, -0.15) is 9.38 Å². The maximum Gasteiger partial charge on any atom is 0.372 e. The van der Waals surface area contributed by atoms with Gasteiger partial charge in [0.15, 0.2) is 0 Å². The van der Waals surface area contributed by atoms with E-state index in [2.05, 4.69) is 11.9 Å². The average Bonchev–Trinajstić information content (AvgIpc) is 2.78. The number of aromatic nitrogens is 2. The molecule has 3 heterocycles. The van der Waals surface area contributed by atoms with Crippen molar-refractivity contribution in [1.82, 2.24) is 9.38 Å². The largest absolute Gasteiger partial charge is 0.372 e. The molecule has 6 heteroatoms. The number of hydrogen-bond acceptors (Lipinski definition) is 4. The molecule has 3 rings (SSSR count). The molecule has 1 aliphatic heterocycles. The molecule has 1 fully saturated rings. The molecule has 0 bridgehead atoms. The minimum atomic E-state index is -0.340. The van der Waals surface area contributed by atoms with Crippen molar-refractivity contribution in [2.75, 3.05) is 18.0 Å². The molecule has 0 unspecified atom stereocenters. The highest BCUT2D eigenvalue weighted by atomic mass is 16.6. The number of hydrogen-bond donors (Lipinski definition) is 0. The van der Waals surface area contributed by atoms with Crippen molar-refractivity contribution in [2.45, 2.75) is 19.8 Å². The third kappa shape index (κ3) is 2.03. The van der Waals surface area contributed by atoms with E-state index in [4.69, 9.17) is 0 Å². The second kappa shape index (κ2) is 4.53. The fourth-order valence-electron chi connectivity index (χ4n) is 2.57. The summed E-state index contributed by atoms with van der Waals surface area (Å²) in [6, 6.07) is 5.42. The van der Waals surface area contributed by atoms with E-state index in [1.54, 1.807) is 22.7 Å². The third-order valence-corrected chi connectivity index (χ3v) is 3.74. The summed E-state index contributed by atoms with van der Waals surface area (Å²) in [5.41, 5.74) is 0.628. The van der Waals surface area contributed by atoms with Crippen molar-refractivity contribution < 1.29 is 4.92 Å². The van der Waals surface area contributed by atoms with Crippen LogP contribution < -0.4 is 4.90 Å². The Labute approximate surface area is 110 Å². The van der Waals surface area contributed by atoms with Gasteiger partial charge in [0, 0.05) is 19.2 Å². The zero-order chi connectivity index (χ0) is 13.4. The van der Waals surface area contributed by atoms with Gasteiger partial charge >= 0.3 is 5.82 Å². The Morgan fingerprint density at radius 1 is 1.37 bits per heavy atom. The fraction of sp³-hybridized carbons (Fsp3) is 0.462. The molecule has 19 heavy (non-hydrogen) atoms. The van der Waals surface area contributed by atoms with Crippen molar-refractivity contribution in [2.24, 2.45) is 5.92 Å². The summed E-state index contributed by atoms with van der Waals surface area (Å²) in [6.07, 6.45) is 3.81. The van der Waals surface area contributed by atoms with Gasteiger partial charge in [-0.25, -0.2) is 0 Å². The van der Waals surface area contributed by atoms with E-state index in [1.807, 2.05) is 11.0 Å². The lowest BCUT2D eigenvalue weighted by atomic mass is 9.99. The lowest BCUT2D eigenvalue weighted by Gasteiger charge is -2.29. The van der Waals surface area contributed by atoms with Gasteiger partial charge in [-0.3, -0.25) is 0 Å². The van der Waals surface area contributed by atoms with Crippen molar-refractivity contribution >= 4 is 17.3 Å². The zero-order valence-corrected chi connectivity index (χ0v) is 10.8. The minimum Gasteiger partial charge on any atom is -0.358 e. The SMILES string of the molecule is CC1CCN(c2nc3ccccn3c2[N+](=O)[O-])CC1. The Hall–Kier alpha value is -2.11.